The molecule has 0 aromatic heterocycles. The van der Waals surface area contributed by atoms with Crippen LogP contribution in [0.5, 0.6) is 0 Å². The summed E-state index contributed by atoms with van der Waals surface area (Å²) in [6.07, 6.45) is 0.820. The Morgan fingerprint density at radius 1 is 1.53 bits per heavy atom. The van der Waals surface area contributed by atoms with Crippen molar-refractivity contribution >= 4 is 23.1 Å². The third-order valence-electron chi connectivity index (χ3n) is 2.09. The normalized spacial score (nSPS) is 12.9. The van der Waals surface area contributed by atoms with E-state index in [0.717, 1.165) is 6.42 Å². The van der Waals surface area contributed by atoms with Gasteiger partial charge < -0.3 is 11.1 Å². The number of nitrogens with two attached hydrogens (primary N) is 1. The van der Waals surface area contributed by atoms with E-state index in [1.54, 1.807) is 0 Å². The number of nitrogens with zero attached hydrogens (tertiary/aromatic N) is 1. The largest absolute Gasteiger partial charge is 0.392 e. The number of thiocarbonyl (C=S) groups is 1. The summed E-state index contributed by atoms with van der Waals surface area (Å²) in [6, 6.07) is 0.161. The second-order valence-corrected chi connectivity index (χ2v) is 4.44. The van der Waals surface area contributed by atoms with E-state index in [0.29, 0.717) is 11.5 Å². The highest BCUT2D eigenvalue weighted by atomic mass is 32.1. The first kappa shape index (κ1) is 14.3. The molecule has 4 nitrogen and oxygen atoms in total. The van der Waals surface area contributed by atoms with Crippen molar-refractivity contribution in [2.75, 3.05) is 13.6 Å². The molecule has 0 aromatic rings. The van der Waals surface area contributed by atoms with Gasteiger partial charge in [0, 0.05) is 6.04 Å². The molecule has 15 heavy (non-hydrogen) atoms. The Morgan fingerprint density at radius 2 is 2.07 bits per heavy atom. The van der Waals surface area contributed by atoms with Crippen LogP contribution in [0, 0.1) is 0 Å². The molecule has 3 N–H and O–H groups in total. The first-order valence-electron chi connectivity index (χ1n) is 5.17. The Labute approximate surface area is 97.2 Å². The lowest BCUT2D eigenvalue weighted by molar-refractivity contribution is -0.122. The summed E-state index contributed by atoms with van der Waals surface area (Å²) in [5.74, 6) is 0.00204. The monoisotopic (exact) mass is 231 g/mol. The van der Waals surface area contributed by atoms with Crippen molar-refractivity contribution in [2.24, 2.45) is 5.73 Å². The first-order chi connectivity index (χ1) is 6.88. The first-order valence-corrected chi connectivity index (χ1v) is 5.58. The zero-order chi connectivity index (χ0) is 12.0. The number of rotatable bonds is 6. The van der Waals surface area contributed by atoms with Crippen LogP contribution < -0.4 is 11.1 Å². The molecular formula is C10H21N3OS. The highest BCUT2D eigenvalue weighted by Gasteiger charge is 2.17. The number of amides is 1. The maximum absolute atomic E-state index is 11.5. The molecule has 1 unspecified atom stereocenters. The fourth-order valence-electron chi connectivity index (χ4n) is 1.43. The van der Waals surface area contributed by atoms with E-state index in [-0.39, 0.29) is 18.0 Å². The van der Waals surface area contributed by atoms with Crippen LogP contribution in [-0.2, 0) is 4.79 Å². The molecule has 0 fully saturated rings. The molecule has 0 saturated carbocycles. The number of hydrogen-bond donors (Lipinski definition) is 2. The maximum atomic E-state index is 11.5. The molecule has 1 atom stereocenters. The molecule has 0 heterocycles. The van der Waals surface area contributed by atoms with Crippen molar-refractivity contribution in [1.82, 2.24) is 10.2 Å². The predicted molar refractivity (Wildman–Crippen MR) is 66.8 cm³/mol. The molecule has 0 spiro atoms. The summed E-state index contributed by atoms with van der Waals surface area (Å²) in [5, 5.41) is 2.83. The fraction of sp³-hybridized carbons (Fsp3) is 0.800. The Hall–Kier alpha value is -0.680. The quantitative estimate of drug-likeness (QED) is 0.654. The van der Waals surface area contributed by atoms with Crippen LogP contribution in [0.15, 0.2) is 0 Å². The summed E-state index contributed by atoms with van der Waals surface area (Å²) >= 11 is 4.94. The highest BCUT2D eigenvalue weighted by Crippen LogP contribution is 2.01. The minimum absolute atomic E-state index is 0.00193. The van der Waals surface area contributed by atoms with Crippen LogP contribution in [0.3, 0.4) is 0 Å². The van der Waals surface area contributed by atoms with Crippen molar-refractivity contribution in [2.45, 2.75) is 39.3 Å². The highest BCUT2D eigenvalue weighted by molar-refractivity contribution is 7.80. The van der Waals surface area contributed by atoms with E-state index in [2.05, 4.69) is 5.32 Å². The van der Waals surface area contributed by atoms with E-state index in [9.17, 15) is 4.79 Å². The zero-order valence-corrected chi connectivity index (χ0v) is 10.7. The van der Waals surface area contributed by atoms with Crippen LogP contribution in [-0.4, -0.2) is 41.5 Å². The van der Waals surface area contributed by atoms with Crippen LogP contribution in [0.25, 0.3) is 0 Å². The van der Waals surface area contributed by atoms with Gasteiger partial charge in [-0.1, -0.05) is 19.1 Å². The maximum Gasteiger partial charge on any atom is 0.234 e. The molecule has 1 amide bonds. The second kappa shape index (κ2) is 6.74. The van der Waals surface area contributed by atoms with Crippen LogP contribution in [0.1, 0.15) is 27.2 Å². The summed E-state index contributed by atoms with van der Waals surface area (Å²) in [7, 11) is 1.85. The summed E-state index contributed by atoms with van der Waals surface area (Å²) in [5.41, 5.74) is 5.58. The molecule has 0 saturated heterocycles. The average Bonchev–Trinajstić information content (AvgIpc) is 2.01. The number of hydrogen-bond acceptors (Lipinski definition) is 3. The van der Waals surface area contributed by atoms with Gasteiger partial charge in [0.2, 0.25) is 5.91 Å². The molecule has 0 aliphatic rings. The molecule has 0 aromatic carbocycles. The minimum Gasteiger partial charge on any atom is -0.392 e. The third kappa shape index (κ3) is 5.69. The average molecular weight is 231 g/mol. The Balaban J connectivity index is 4.15. The van der Waals surface area contributed by atoms with E-state index < -0.39 is 0 Å². The lowest BCUT2D eigenvalue weighted by Gasteiger charge is -2.25. The van der Waals surface area contributed by atoms with Gasteiger partial charge in [0.05, 0.1) is 17.6 Å². The van der Waals surface area contributed by atoms with Crippen molar-refractivity contribution in [1.29, 1.82) is 0 Å². The lowest BCUT2D eigenvalue weighted by atomic mass is 10.2. The van der Waals surface area contributed by atoms with Crippen molar-refractivity contribution in [3.8, 4) is 0 Å². The SMILES string of the molecule is CCC(C(N)=S)N(C)CC(=O)NC(C)C. The van der Waals surface area contributed by atoms with Crippen molar-refractivity contribution in [3.05, 3.63) is 0 Å². The molecular weight excluding hydrogens is 210 g/mol. The number of carbonyl (C=O) groups is 1. The molecule has 88 valence electrons. The number of likely N-dealkylation sites (N-methyl/N-ethyl adjacent to an activating group) is 1. The summed E-state index contributed by atoms with van der Waals surface area (Å²) in [6.45, 7) is 6.19. The van der Waals surface area contributed by atoms with Gasteiger partial charge in [-0.25, -0.2) is 0 Å². The summed E-state index contributed by atoms with van der Waals surface area (Å²) in [4.78, 5) is 13.8. The number of nitrogens with one attached hydrogen (secondary N) is 1. The topological polar surface area (TPSA) is 58.4 Å². The fourth-order valence-corrected chi connectivity index (χ4v) is 1.78. The van der Waals surface area contributed by atoms with Gasteiger partial charge in [0.25, 0.3) is 0 Å². The van der Waals surface area contributed by atoms with E-state index in [1.807, 2.05) is 32.7 Å². The lowest BCUT2D eigenvalue weighted by Crippen LogP contribution is -2.46. The minimum atomic E-state index is -0.00193. The Kier molecular flexibility index (Phi) is 6.43. The zero-order valence-electron chi connectivity index (χ0n) is 9.91. The van der Waals surface area contributed by atoms with Gasteiger partial charge in [0.15, 0.2) is 0 Å². The molecule has 0 bridgehead atoms. The van der Waals surface area contributed by atoms with E-state index in [1.165, 1.54) is 0 Å². The van der Waals surface area contributed by atoms with Crippen molar-refractivity contribution < 1.29 is 4.79 Å². The van der Waals surface area contributed by atoms with Gasteiger partial charge in [-0.15, -0.1) is 0 Å². The Bertz CT molecular complexity index is 231. The third-order valence-corrected chi connectivity index (χ3v) is 2.36. The smallest absolute Gasteiger partial charge is 0.234 e. The van der Waals surface area contributed by atoms with Crippen LogP contribution >= 0.6 is 12.2 Å². The van der Waals surface area contributed by atoms with E-state index in [4.69, 9.17) is 18.0 Å². The standard InChI is InChI=1S/C10H21N3OS/c1-5-8(10(11)15)13(4)6-9(14)12-7(2)3/h7-8H,5-6H2,1-4H3,(H2,11,15)(H,12,14). The van der Waals surface area contributed by atoms with Gasteiger partial charge in [-0.2, -0.15) is 0 Å². The van der Waals surface area contributed by atoms with Gasteiger partial charge in [0.1, 0.15) is 0 Å². The Morgan fingerprint density at radius 3 is 2.40 bits per heavy atom. The predicted octanol–water partition coefficient (Wildman–Crippen LogP) is 0.508. The van der Waals surface area contributed by atoms with Gasteiger partial charge >= 0.3 is 0 Å². The second-order valence-electron chi connectivity index (χ2n) is 3.96. The van der Waals surface area contributed by atoms with Crippen LogP contribution in [0.4, 0.5) is 0 Å². The molecule has 0 aliphatic carbocycles. The van der Waals surface area contributed by atoms with Crippen molar-refractivity contribution in [3.63, 3.8) is 0 Å². The van der Waals surface area contributed by atoms with E-state index >= 15 is 0 Å². The van der Waals surface area contributed by atoms with Crippen LogP contribution in [0.2, 0.25) is 0 Å². The molecule has 0 aliphatic heterocycles. The molecule has 0 radical (unpaired) electrons. The summed E-state index contributed by atoms with van der Waals surface area (Å²) < 4.78 is 0. The van der Waals surface area contributed by atoms with Gasteiger partial charge in [-0.3, -0.25) is 9.69 Å². The van der Waals surface area contributed by atoms with Gasteiger partial charge in [-0.05, 0) is 27.3 Å². The molecule has 5 heteroatoms. The molecule has 0 rings (SSSR count). The number of carbonyl (C=O) groups excluding carboxylic acids is 1.